The topological polar surface area (TPSA) is 3.24 Å². The summed E-state index contributed by atoms with van der Waals surface area (Å²) in [5.41, 5.74) is 7.24. The molecule has 1 heteroatoms. The highest BCUT2D eigenvalue weighted by molar-refractivity contribution is 5.44. The number of rotatable bonds is 2. The molecule has 0 bridgehead atoms. The average Bonchev–Trinajstić information content (AvgIpc) is 2.41. The van der Waals surface area contributed by atoms with Crippen molar-refractivity contribution >= 4 is 0 Å². The third kappa shape index (κ3) is 1.98. The molecule has 1 aliphatic rings. The third-order valence-electron chi connectivity index (χ3n) is 4.34. The second-order valence-corrected chi connectivity index (χ2v) is 5.14. The number of hydrogen-bond acceptors (Lipinski definition) is 1. The van der Waals surface area contributed by atoms with Crippen LogP contribution in [-0.2, 0) is 0 Å². The average molecular weight is 241 g/mol. The number of hydrogen-bond donors (Lipinski definition) is 0. The molecular weight excluding hydrogens is 218 g/mol. The van der Waals surface area contributed by atoms with Crippen LogP contribution in [0.5, 0.6) is 0 Å². The van der Waals surface area contributed by atoms with Gasteiger partial charge in [0.25, 0.3) is 0 Å². The SMILES string of the molecule is CCC1=C(C)N(C)C(C)=C(C)C1c1ccccc1. The molecule has 0 amide bonds. The van der Waals surface area contributed by atoms with E-state index in [2.05, 4.69) is 70.0 Å². The van der Waals surface area contributed by atoms with Crippen LogP contribution in [0.1, 0.15) is 45.6 Å². The minimum atomic E-state index is 0.465. The second-order valence-electron chi connectivity index (χ2n) is 5.14. The van der Waals surface area contributed by atoms with Crippen molar-refractivity contribution in [3.8, 4) is 0 Å². The van der Waals surface area contributed by atoms with E-state index in [9.17, 15) is 0 Å². The molecule has 2 rings (SSSR count). The molecular formula is C17H23N. The van der Waals surface area contributed by atoms with Crippen LogP contribution >= 0.6 is 0 Å². The fourth-order valence-corrected chi connectivity index (χ4v) is 2.97. The molecule has 18 heavy (non-hydrogen) atoms. The van der Waals surface area contributed by atoms with E-state index in [0.717, 1.165) is 6.42 Å². The summed E-state index contributed by atoms with van der Waals surface area (Å²) in [6.45, 7) is 8.99. The van der Waals surface area contributed by atoms with Crippen molar-refractivity contribution in [3.63, 3.8) is 0 Å². The van der Waals surface area contributed by atoms with E-state index in [1.807, 2.05) is 0 Å². The highest BCUT2D eigenvalue weighted by Gasteiger charge is 2.27. The first-order valence-electron chi connectivity index (χ1n) is 6.73. The predicted molar refractivity (Wildman–Crippen MR) is 78.3 cm³/mol. The normalized spacial score (nSPS) is 20.7. The molecule has 0 saturated heterocycles. The van der Waals surface area contributed by atoms with Crippen LogP contribution in [0.2, 0.25) is 0 Å². The zero-order valence-electron chi connectivity index (χ0n) is 12.1. The van der Waals surface area contributed by atoms with Gasteiger partial charge in [0.1, 0.15) is 0 Å². The lowest BCUT2D eigenvalue weighted by Crippen LogP contribution is -2.25. The van der Waals surface area contributed by atoms with Crippen LogP contribution < -0.4 is 0 Å². The van der Waals surface area contributed by atoms with Crippen molar-refractivity contribution < 1.29 is 0 Å². The second kappa shape index (κ2) is 5.01. The van der Waals surface area contributed by atoms with Crippen LogP contribution in [0.15, 0.2) is 52.9 Å². The maximum atomic E-state index is 2.33. The summed E-state index contributed by atoms with van der Waals surface area (Å²) in [6.07, 6.45) is 1.11. The van der Waals surface area contributed by atoms with Crippen molar-refractivity contribution in [1.82, 2.24) is 4.90 Å². The van der Waals surface area contributed by atoms with Gasteiger partial charge in [0.15, 0.2) is 0 Å². The Morgan fingerprint density at radius 1 is 1.00 bits per heavy atom. The Hall–Kier alpha value is -1.50. The van der Waals surface area contributed by atoms with Crippen molar-refractivity contribution in [1.29, 1.82) is 0 Å². The molecule has 1 aromatic carbocycles. The minimum Gasteiger partial charge on any atom is -0.352 e. The summed E-state index contributed by atoms with van der Waals surface area (Å²) >= 11 is 0. The molecule has 0 radical (unpaired) electrons. The van der Waals surface area contributed by atoms with E-state index in [0.29, 0.717) is 5.92 Å². The molecule has 1 atom stereocenters. The van der Waals surface area contributed by atoms with Crippen LogP contribution in [-0.4, -0.2) is 11.9 Å². The third-order valence-corrected chi connectivity index (χ3v) is 4.34. The van der Waals surface area contributed by atoms with E-state index in [-0.39, 0.29) is 0 Å². The Labute approximate surface area is 111 Å². The first-order valence-corrected chi connectivity index (χ1v) is 6.73. The van der Waals surface area contributed by atoms with Gasteiger partial charge in [-0.2, -0.15) is 0 Å². The van der Waals surface area contributed by atoms with Crippen molar-refractivity contribution in [2.75, 3.05) is 7.05 Å². The fourth-order valence-electron chi connectivity index (χ4n) is 2.97. The predicted octanol–water partition coefficient (Wildman–Crippen LogP) is 4.69. The van der Waals surface area contributed by atoms with E-state index < -0.39 is 0 Å². The van der Waals surface area contributed by atoms with Gasteiger partial charge in [0, 0.05) is 24.4 Å². The van der Waals surface area contributed by atoms with Gasteiger partial charge in [-0.3, -0.25) is 0 Å². The lowest BCUT2D eigenvalue weighted by Gasteiger charge is -2.36. The molecule has 1 aromatic rings. The van der Waals surface area contributed by atoms with Gasteiger partial charge in [-0.25, -0.2) is 0 Å². The van der Waals surface area contributed by atoms with E-state index in [4.69, 9.17) is 0 Å². The number of nitrogens with zero attached hydrogens (tertiary/aromatic N) is 1. The van der Waals surface area contributed by atoms with Gasteiger partial charge >= 0.3 is 0 Å². The quantitative estimate of drug-likeness (QED) is 0.726. The molecule has 0 aromatic heterocycles. The molecule has 1 nitrogen and oxygen atoms in total. The molecule has 0 spiro atoms. The maximum absolute atomic E-state index is 2.33. The summed E-state index contributed by atoms with van der Waals surface area (Å²) in [7, 11) is 2.17. The fraction of sp³-hybridized carbons (Fsp3) is 0.412. The van der Waals surface area contributed by atoms with Crippen LogP contribution in [0.4, 0.5) is 0 Å². The van der Waals surface area contributed by atoms with Crippen molar-refractivity contribution in [2.45, 2.75) is 40.0 Å². The zero-order chi connectivity index (χ0) is 13.3. The monoisotopic (exact) mass is 241 g/mol. The molecule has 0 fully saturated rings. The van der Waals surface area contributed by atoms with E-state index in [1.165, 1.54) is 22.5 Å². The Morgan fingerprint density at radius 2 is 1.61 bits per heavy atom. The first-order chi connectivity index (χ1) is 8.57. The van der Waals surface area contributed by atoms with Crippen molar-refractivity contribution in [3.05, 3.63) is 58.4 Å². The summed E-state index contributed by atoms with van der Waals surface area (Å²) in [4.78, 5) is 2.33. The lowest BCUT2D eigenvalue weighted by molar-refractivity contribution is 0.475. The minimum absolute atomic E-state index is 0.465. The van der Waals surface area contributed by atoms with Gasteiger partial charge in [-0.1, -0.05) is 37.3 Å². The largest absolute Gasteiger partial charge is 0.352 e. The molecule has 1 heterocycles. The number of benzene rings is 1. The van der Waals surface area contributed by atoms with Gasteiger partial charge in [0.05, 0.1) is 0 Å². The van der Waals surface area contributed by atoms with Crippen LogP contribution in [0, 0.1) is 0 Å². The summed E-state index contributed by atoms with van der Waals surface area (Å²) in [6, 6.07) is 10.9. The van der Waals surface area contributed by atoms with Gasteiger partial charge < -0.3 is 4.90 Å². The molecule has 1 unspecified atom stereocenters. The molecule has 0 saturated carbocycles. The van der Waals surface area contributed by atoms with Gasteiger partial charge in [-0.05, 0) is 43.9 Å². The summed E-state index contributed by atoms with van der Waals surface area (Å²) in [5.74, 6) is 0.465. The van der Waals surface area contributed by atoms with Crippen molar-refractivity contribution in [2.24, 2.45) is 0 Å². The van der Waals surface area contributed by atoms with E-state index >= 15 is 0 Å². The smallest absolute Gasteiger partial charge is 0.0295 e. The maximum Gasteiger partial charge on any atom is 0.0295 e. The Balaban J connectivity index is 2.56. The van der Waals surface area contributed by atoms with E-state index in [1.54, 1.807) is 5.57 Å². The standard InChI is InChI=1S/C17H23N/c1-6-16-14(4)18(5)13(3)12(2)17(16)15-10-8-7-9-11-15/h7-11,17H,6H2,1-5H3. The Bertz CT molecular complexity index is 494. The van der Waals surface area contributed by atoms with Gasteiger partial charge in [0.2, 0.25) is 0 Å². The van der Waals surface area contributed by atoms with Crippen LogP contribution in [0.3, 0.4) is 0 Å². The zero-order valence-corrected chi connectivity index (χ0v) is 12.1. The lowest BCUT2D eigenvalue weighted by atomic mass is 9.80. The molecule has 1 aliphatic heterocycles. The highest BCUT2D eigenvalue weighted by Crippen LogP contribution is 2.41. The summed E-state index contributed by atoms with van der Waals surface area (Å²) < 4.78 is 0. The number of allylic oxidation sites excluding steroid dienone is 4. The first kappa shape index (κ1) is 12.9. The molecule has 96 valence electrons. The molecule has 0 N–H and O–H groups in total. The Morgan fingerprint density at radius 3 is 2.17 bits per heavy atom. The van der Waals surface area contributed by atoms with Crippen LogP contribution in [0.25, 0.3) is 0 Å². The summed E-state index contributed by atoms with van der Waals surface area (Å²) in [5, 5.41) is 0. The van der Waals surface area contributed by atoms with Gasteiger partial charge in [-0.15, -0.1) is 0 Å². The highest BCUT2D eigenvalue weighted by atomic mass is 15.1. The Kier molecular flexibility index (Phi) is 3.60. The molecule has 0 aliphatic carbocycles.